The molecule has 1 aliphatic rings. The van der Waals surface area contributed by atoms with Gasteiger partial charge in [0, 0.05) is 24.2 Å². The third kappa shape index (κ3) is 6.44. The fraction of sp³-hybridized carbons (Fsp3) is 0.435. The summed E-state index contributed by atoms with van der Waals surface area (Å²) in [5.41, 5.74) is 0.944. The predicted molar refractivity (Wildman–Crippen MR) is 126 cm³/mol. The van der Waals surface area contributed by atoms with Crippen molar-refractivity contribution in [2.45, 2.75) is 38.6 Å². The zero-order chi connectivity index (χ0) is 24.0. The number of nitrogens with one attached hydrogen (secondary N) is 1. The number of nitrogens with zero attached hydrogens (tertiary/aromatic N) is 2. The minimum Gasteiger partial charge on any atom is -0.495 e. The number of amides is 1. The largest absolute Gasteiger partial charge is 0.495 e. The summed E-state index contributed by atoms with van der Waals surface area (Å²) in [4.78, 5) is 23.1. The van der Waals surface area contributed by atoms with Gasteiger partial charge in [0.25, 0.3) is 11.6 Å². The number of methoxy groups -OCH3 is 1. The zero-order valence-electron chi connectivity index (χ0n) is 18.8. The monoisotopic (exact) mass is 475 g/mol. The first-order chi connectivity index (χ1) is 15.7. The molecule has 0 unspecified atom stereocenters. The summed E-state index contributed by atoms with van der Waals surface area (Å²) in [6.07, 6.45) is 6.99. The molecule has 10 heteroatoms. The van der Waals surface area contributed by atoms with E-state index in [-0.39, 0.29) is 29.6 Å². The van der Waals surface area contributed by atoms with Gasteiger partial charge in [0.05, 0.1) is 24.8 Å². The normalized spacial score (nSPS) is 14.5. The van der Waals surface area contributed by atoms with Gasteiger partial charge in [-0.15, -0.1) is 0 Å². The van der Waals surface area contributed by atoms with Crippen LogP contribution in [-0.2, 0) is 16.6 Å². The standard InChI is InChI=1S/C23H29N3O6S/c1-32-22-13-12-20(26(28)29)14-21(22)25(33(2,30)31)16-18-8-10-19(11-9-18)23(27)24-15-17-6-4-3-5-7-17/h8-14,17H,3-7,15-16H2,1-2H3,(H,24,27). The van der Waals surface area contributed by atoms with Crippen molar-refractivity contribution in [2.75, 3.05) is 24.2 Å². The molecule has 33 heavy (non-hydrogen) atoms. The number of non-ortho nitro benzene ring substituents is 1. The van der Waals surface area contributed by atoms with Gasteiger partial charge in [0.2, 0.25) is 10.0 Å². The summed E-state index contributed by atoms with van der Waals surface area (Å²) in [6.45, 7) is 0.593. The Morgan fingerprint density at radius 1 is 1.15 bits per heavy atom. The first kappa shape index (κ1) is 24.5. The number of hydrogen-bond donors (Lipinski definition) is 1. The van der Waals surface area contributed by atoms with Crippen LogP contribution in [0.4, 0.5) is 11.4 Å². The van der Waals surface area contributed by atoms with Crippen molar-refractivity contribution in [1.82, 2.24) is 5.32 Å². The van der Waals surface area contributed by atoms with Crippen molar-refractivity contribution in [3.05, 3.63) is 63.7 Å². The Labute approximate surface area is 193 Å². The van der Waals surface area contributed by atoms with Gasteiger partial charge >= 0.3 is 0 Å². The molecule has 0 bridgehead atoms. The molecule has 1 amide bonds. The molecular weight excluding hydrogens is 446 g/mol. The van der Waals surface area contributed by atoms with E-state index < -0.39 is 14.9 Å². The maximum Gasteiger partial charge on any atom is 0.271 e. The van der Waals surface area contributed by atoms with Crippen LogP contribution >= 0.6 is 0 Å². The van der Waals surface area contributed by atoms with E-state index in [0.717, 1.165) is 23.4 Å². The number of carbonyl (C=O) groups is 1. The first-order valence-electron chi connectivity index (χ1n) is 10.9. The quantitative estimate of drug-likeness (QED) is 0.434. The van der Waals surface area contributed by atoms with Gasteiger partial charge in [0.15, 0.2) is 0 Å². The van der Waals surface area contributed by atoms with Crippen LogP contribution in [0.15, 0.2) is 42.5 Å². The Kier molecular flexibility index (Phi) is 7.91. The molecule has 2 aromatic carbocycles. The van der Waals surface area contributed by atoms with E-state index in [9.17, 15) is 23.3 Å². The molecule has 0 aliphatic heterocycles. The summed E-state index contributed by atoms with van der Waals surface area (Å²) in [5.74, 6) is 0.562. The van der Waals surface area contributed by atoms with Crippen molar-refractivity contribution < 1.29 is 22.9 Å². The highest BCUT2D eigenvalue weighted by Gasteiger charge is 2.24. The second kappa shape index (κ2) is 10.7. The second-order valence-corrected chi connectivity index (χ2v) is 10.2. The lowest BCUT2D eigenvalue weighted by molar-refractivity contribution is -0.384. The molecule has 1 aliphatic carbocycles. The van der Waals surface area contributed by atoms with Crippen LogP contribution in [0.25, 0.3) is 0 Å². The lowest BCUT2D eigenvalue weighted by atomic mass is 9.89. The highest BCUT2D eigenvalue weighted by molar-refractivity contribution is 7.92. The van der Waals surface area contributed by atoms with Crippen LogP contribution in [0.5, 0.6) is 5.75 Å². The van der Waals surface area contributed by atoms with Crippen LogP contribution in [-0.4, -0.2) is 39.2 Å². The van der Waals surface area contributed by atoms with Gasteiger partial charge in [0.1, 0.15) is 11.4 Å². The van der Waals surface area contributed by atoms with Gasteiger partial charge in [-0.05, 0) is 42.5 Å². The van der Waals surface area contributed by atoms with Crippen molar-refractivity contribution in [3.63, 3.8) is 0 Å². The summed E-state index contributed by atoms with van der Waals surface area (Å²) in [6, 6.07) is 10.4. The van der Waals surface area contributed by atoms with Gasteiger partial charge in [-0.1, -0.05) is 31.4 Å². The highest BCUT2D eigenvalue weighted by atomic mass is 32.2. The minimum absolute atomic E-state index is 0.0691. The average Bonchev–Trinajstić information content (AvgIpc) is 2.81. The molecule has 3 rings (SSSR count). The third-order valence-electron chi connectivity index (χ3n) is 5.86. The van der Waals surface area contributed by atoms with Gasteiger partial charge in [-0.3, -0.25) is 19.2 Å². The fourth-order valence-corrected chi connectivity index (χ4v) is 4.91. The molecule has 1 N–H and O–H groups in total. The number of anilines is 1. The van der Waals surface area contributed by atoms with E-state index in [4.69, 9.17) is 4.74 Å². The van der Waals surface area contributed by atoms with Crippen LogP contribution < -0.4 is 14.4 Å². The summed E-state index contributed by atoms with van der Waals surface area (Å²) >= 11 is 0. The molecule has 1 fully saturated rings. The molecule has 0 atom stereocenters. The number of sulfonamides is 1. The number of rotatable bonds is 9. The number of nitro groups is 1. The van der Waals surface area contributed by atoms with E-state index in [0.29, 0.717) is 23.6 Å². The van der Waals surface area contributed by atoms with Crippen LogP contribution in [0.3, 0.4) is 0 Å². The number of benzene rings is 2. The van der Waals surface area contributed by atoms with E-state index in [1.54, 1.807) is 24.3 Å². The molecule has 0 spiro atoms. The summed E-state index contributed by atoms with van der Waals surface area (Å²) in [5, 5.41) is 14.2. The van der Waals surface area contributed by atoms with Gasteiger partial charge in [-0.2, -0.15) is 0 Å². The van der Waals surface area contributed by atoms with Gasteiger partial charge in [-0.25, -0.2) is 8.42 Å². The van der Waals surface area contributed by atoms with Crippen molar-refractivity contribution in [2.24, 2.45) is 5.92 Å². The van der Waals surface area contributed by atoms with Crippen LogP contribution in [0, 0.1) is 16.0 Å². The predicted octanol–water partition coefficient (Wildman–Crippen LogP) is 3.88. The lowest BCUT2D eigenvalue weighted by Gasteiger charge is -2.24. The Balaban J connectivity index is 1.76. The Hall–Kier alpha value is -3.14. The van der Waals surface area contributed by atoms with Crippen LogP contribution in [0.1, 0.15) is 48.0 Å². The molecule has 9 nitrogen and oxygen atoms in total. The minimum atomic E-state index is -3.79. The SMILES string of the molecule is COc1ccc([N+](=O)[O-])cc1N(Cc1ccc(C(=O)NCC2CCCCC2)cc1)S(C)(=O)=O. The van der Waals surface area contributed by atoms with E-state index in [1.165, 1.54) is 44.6 Å². The molecule has 2 aromatic rings. The number of carbonyl (C=O) groups excluding carboxylic acids is 1. The van der Waals surface area contributed by atoms with E-state index in [2.05, 4.69) is 5.32 Å². The molecule has 0 heterocycles. The molecule has 0 saturated heterocycles. The fourth-order valence-electron chi connectivity index (χ4n) is 4.03. The second-order valence-electron chi connectivity index (χ2n) is 8.29. The molecular formula is C23H29N3O6S. The summed E-state index contributed by atoms with van der Waals surface area (Å²) < 4.78 is 31.4. The Morgan fingerprint density at radius 3 is 2.39 bits per heavy atom. The lowest BCUT2D eigenvalue weighted by Crippen LogP contribution is -2.30. The molecule has 1 saturated carbocycles. The maximum atomic E-state index is 12.5. The molecule has 0 radical (unpaired) electrons. The number of ether oxygens (including phenoxy) is 1. The highest BCUT2D eigenvalue weighted by Crippen LogP contribution is 2.34. The first-order valence-corrected chi connectivity index (χ1v) is 12.7. The Bertz CT molecular complexity index is 1100. The van der Waals surface area contributed by atoms with Crippen molar-refractivity contribution in [1.29, 1.82) is 0 Å². The topological polar surface area (TPSA) is 119 Å². The van der Waals surface area contributed by atoms with Crippen molar-refractivity contribution >= 4 is 27.3 Å². The van der Waals surface area contributed by atoms with Crippen molar-refractivity contribution in [3.8, 4) is 5.75 Å². The smallest absolute Gasteiger partial charge is 0.271 e. The maximum absolute atomic E-state index is 12.5. The summed E-state index contributed by atoms with van der Waals surface area (Å²) in [7, 11) is -2.42. The van der Waals surface area contributed by atoms with Crippen LogP contribution in [0.2, 0.25) is 0 Å². The van der Waals surface area contributed by atoms with Gasteiger partial charge < -0.3 is 10.1 Å². The van der Waals surface area contributed by atoms with E-state index in [1.807, 2.05) is 0 Å². The third-order valence-corrected chi connectivity index (χ3v) is 6.99. The zero-order valence-corrected chi connectivity index (χ0v) is 19.6. The molecule has 178 valence electrons. The number of hydrogen-bond acceptors (Lipinski definition) is 6. The Morgan fingerprint density at radius 2 is 1.82 bits per heavy atom. The number of nitro benzene ring substituents is 1. The molecule has 0 aromatic heterocycles. The van der Waals surface area contributed by atoms with E-state index >= 15 is 0 Å². The average molecular weight is 476 g/mol.